The van der Waals surface area contributed by atoms with Crippen molar-refractivity contribution in [1.82, 2.24) is 0 Å². The van der Waals surface area contributed by atoms with Gasteiger partial charge in [-0.25, -0.2) is 0 Å². The summed E-state index contributed by atoms with van der Waals surface area (Å²) in [5.74, 6) is 2.06. The molecular formula is C4H14N2O4S3. The molecule has 6 N–H and O–H groups in total. The molecule has 0 aromatic rings. The van der Waals surface area contributed by atoms with Gasteiger partial charge in [-0.15, -0.1) is 0 Å². The highest BCUT2D eigenvalue weighted by molar-refractivity contribution is 8.76. The molecule has 0 saturated heterocycles. The van der Waals surface area contributed by atoms with Gasteiger partial charge in [0.05, 0.1) is 0 Å². The molecule has 0 unspecified atom stereocenters. The molecule has 0 saturated carbocycles. The highest BCUT2D eigenvalue weighted by Gasteiger charge is 1.85. The Hall–Kier alpha value is 0.490. The van der Waals surface area contributed by atoms with Crippen LogP contribution in [0.25, 0.3) is 0 Å². The topological polar surface area (TPSA) is 127 Å². The van der Waals surface area contributed by atoms with Crippen LogP contribution >= 0.6 is 21.6 Å². The molecule has 0 amide bonds. The van der Waals surface area contributed by atoms with Gasteiger partial charge in [0, 0.05) is 24.6 Å². The van der Waals surface area contributed by atoms with Crippen molar-refractivity contribution in [1.29, 1.82) is 0 Å². The lowest BCUT2D eigenvalue weighted by molar-refractivity contribution is 0.381. The third-order valence-corrected chi connectivity index (χ3v) is 2.96. The second-order valence-electron chi connectivity index (χ2n) is 1.67. The third-order valence-electron chi connectivity index (χ3n) is 0.486. The molecule has 82 valence electrons. The molecule has 0 spiro atoms. The summed E-state index contributed by atoms with van der Waals surface area (Å²) in [6, 6.07) is 0. The van der Waals surface area contributed by atoms with Crippen molar-refractivity contribution in [2.45, 2.75) is 0 Å². The zero-order chi connectivity index (χ0) is 10.7. The Morgan fingerprint density at radius 3 is 1.38 bits per heavy atom. The summed E-state index contributed by atoms with van der Waals surface area (Å²) in [5, 5.41) is 0. The van der Waals surface area contributed by atoms with E-state index in [2.05, 4.69) is 0 Å². The average Bonchev–Trinajstić information content (AvgIpc) is 1.95. The Kier molecular flexibility index (Phi) is 13.0. The molecule has 0 aromatic heterocycles. The van der Waals surface area contributed by atoms with Gasteiger partial charge in [-0.05, 0) is 0 Å². The molecular weight excluding hydrogens is 236 g/mol. The van der Waals surface area contributed by atoms with Gasteiger partial charge in [-0.3, -0.25) is 9.11 Å². The van der Waals surface area contributed by atoms with E-state index in [9.17, 15) is 0 Å². The van der Waals surface area contributed by atoms with Crippen LogP contribution in [-0.2, 0) is 10.4 Å². The summed E-state index contributed by atoms with van der Waals surface area (Å²) in [7, 11) is -1.09. The van der Waals surface area contributed by atoms with E-state index in [0.717, 1.165) is 24.6 Å². The molecule has 0 rings (SSSR count). The summed E-state index contributed by atoms with van der Waals surface area (Å²) in [5.41, 5.74) is 10.5. The molecule has 0 aromatic carbocycles. The lowest BCUT2D eigenvalue weighted by Crippen LogP contribution is -2.02. The average molecular weight is 250 g/mol. The highest BCUT2D eigenvalue weighted by atomic mass is 33.1. The number of hydrogen-bond donors (Lipinski definition) is 4. The summed E-state index contributed by atoms with van der Waals surface area (Å²) >= 11 is 0. The van der Waals surface area contributed by atoms with Crippen molar-refractivity contribution < 1.29 is 17.5 Å². The molecule has 0 heterocycles. The lowest BCUT2D eigenvalue weighted by atomic mass is 10.8. The first-order chi connectivity index (χ1) is 5.91. The van der Waals surface area contributed by atoms with Crippen molar-refractivity contribution in [3.8, 4) is 0 Å². The Balaban J connectivity index is 0. The molecule has 13 heavy (non-hydrogen) atoms. The van der Waals surface area contributed by atoms with Gasteiger partial charge in [0.1, 0.15) is 0 Å². The van der Waals surface area contributed by atoms with E-state index in [4.69, 9.17) is 29.0 Å². The van der Waals surface area contributed by atoms with Crippen LogP contribution in [0.2, 0.25) is 0 Å². The Morgan fingerprint density at radius 2 is 1.23 bits per heavy atom. The molecule has 6 nitrogen and oxygen atoms in total. The maximum absolute atomic E-state index is 8.74. The van der Waals surface area contributed by atoms with Gasteiger partial charge in [0.2, 0.25) is 0 Å². The normalized spacial score (nSPS) is 10.5. The van der Waals surface area contributed by atoms with Gasteiger partial charge in [-0.1, -0.05) is 21.6 Å². The van der Waals surface area contributed by atoms with E-state index < -0.39 is 10.4 Å². The van der Waals surface area contributed by atoms with E-state index in [0.29, 0.717) is 0 Å². The maximum Gasteiger partial charge on any atom is 0.394 e. The van der Waals surface area contributed by atoms with Crippen molar-refractivity contribution in [2.75, 3.05) is 24.6 Å². The van der Waals surface area contributed by atoms with E-state index in [1.165, 1.54) is 0 Å². The fourth-order valence-corrected chi connectivity index (χ4v) is 1.93. The molecule has 0 fully saturated rings. The standard InChI is InChI=1S/C4H12N2S2.H2O4S/c5-1-3-7-8-4-2-6;1-5(2,3)4/h1-6H2;(H2,1,2,3,4). The quantitative estimate of drug-likeness (QED) is 0.296. The van der Waals surface area contributed by atoms with Gasteiger partial charge < -0.3 is 11.5 Å². The van der Waals surface area contributed by atoms with Gasteiger partial charge >= 0.3 is 10.4 Å². The minimum Gasteiger partial charge on any atom is -0.330 e. The molecule has 0 aliphatic rings. The van der Waals surface area contributed by atoms with E-state index in [1.54, 1.807) is 21.6 Å². The molecule has 0 aliphatic heterocycles. The lowest BCUT2D eigenvalue weighted by Gasteiger charge is -1.93. The largest absolute Gasteiger partial charge is 0.394 e. The second-order valence-corrected chi connectivity index (χ2v) is 5.27. The number of rotatable bonds is 5. The van der Waals surface area contributed by atoms with Crippen molar-refractivity contribution >= 4 is 32.0 Å². The summed E-state index contributed by atoms with van der Waals surface area (Å²) in [6.45, 7) is 1.53. The van der Waals surface area contributed by atoms with E-state index >= 15 is 0 Å². The first kappa shape index (κ1) is 15.9. The smallest absolute Gasteiger partial charge is 0.330 e. The van der Waals surface area contributed by atoms with Crippen LogP contribution in [0.3, 0.4) is 0 Å². The first-order valence-electron chi connectivity index (χ1n) is 3.26. The minimum atomic E-state index is -4.67. The van der Waals surface area contributed by atoms with Crippen molar-refractivity contribution in [3.05, 3.63) is 0 Å². The van der Waals surface area contributed by atoms with Crippen LogP contribution in [0.4, 0.5) is 0 Å². The zero-order valence-corrected chi connectivity index (χ0v) is 9.37. The fraction of sp³-hybridized carbons (Fsp3) is 1.00. The molecule has 0 radical (unpaired) electrons. The van der Waals surface area contributed by atoms with Crippen LogP contribution in [-0.4, -0.2) is 42.1 Å². The van der Waals surface area contributed by atoms with E-state index in [1.807, 2.05) is 0 Å². The number of nitrogens with two attached hydrogens (primary N) is 2. The van der Waals surface area contributed by atoms with E-state index in [-0.39, 0.29) is 0 Å². The predicted molar refractivity (Wildman–Crippen MR) is 57.2 cm³/mol. The first-order valence-corrected chi connectivity index (χ1v) is 7.14. The molecule has 0 aliphatic carbocycles. The highest BCUT2D eigenvalue weighted by Crippen LogP contribution is 2.18. The maximum atomic E-state index is 8.74. The fourth-order valence-electron chi connectivity index (χ4n) is 0.214. The minimum absolute atomic E-state index is 0.766. The van der Waals surface area contributed by atoms with Crippen molar-refractivity contribution in [3.63, 3.8) is 0 Å². The molecule has 0 bridgehead atoms. The zero-order valence-electron chi connectivity index (χ0n) is 6.92. The Bertz CT molecular complexity index is 170. The van der Waals surface area contributed by atoms with Crippen LogP contribution in [0.5, 0.6) is 0 Å². The summed E-state index contributed by atoms with van der Waals surface area (Å²) in [6.07, 6.45) is 0. The van der Waals surface area contributed by atoms with Gasteiger partial charge in [0.25, 0.3) is 0 Å². The van der Waals surface area contributed by atoms with Crippen LogP contribution in [0, 0.1) is 0 Å². The summed E-state index contributed by atoms with van der Waals surface area (Å²) in [4.78, 5) is 0. The molecule has 0 atom stereocenters. The van der Waals surface area contributed by atoms with Crippen LogP contribution in [0.1, 0.15) is 0 Å². The Labute approximate surface area is 85.8 Å². The van der Waals surface area contributed by atoms with Crippen LogP contribution in [0.15, 0.2) is 0 Å². The summed E-state index contributed by atoms with van der Waals surface area (Å²) < 4.78 is 31.6. The Morgan fingerprint density at radius 1 is 1.00 bits per heavy atom. The second kappa shape index (κ2) is 10.6. The number of hydrogen-bond acceptors (Lipinski definition) is 6. The van der Waals surface area contributed by atoms with Gasteiger partial charge in [0.15, 0.2) is 0 Å². The van der Waals surface area contributed by atoms with Gasteiger partial charge in [-0.2, -0.15) is 8.42 Å². The van der Waals surface area contributed by atoms with Crippen LogP contribution < -0.4 is 11.5 Å². The third kappa shape index (κ3) is 45.6. The predicted octanol–water partition coefficient (Wildman–Crippen LogP) is -0.368. The SMILES string of the molecule is NCCSSCCN.O=S(=O)(O)O. The molecule has 9 heteroatoms. The monoisotopic (exact) mass is 250 g/mol. The van der Waals surface area contributed by atoms with Crippen molar-refractivity contribution in [2.24, 2.45) is 11.5 Å².